The Hall–Kier alpha value is -2.16. The number of hydrogen-bond donors (Lipinski definition) is 1. The van der Waals surface area contributed by atoms with Crippen LogP contribution in [0, 0.1) is 0 Å². The minimum atomic E-state index is 0.127. The van der Waals surface area contributed by atoms with Gasteiger partial charge in [-0.2, -0.15) is 0 Å². The first-order valence-corrected chi connectivity index (χ1v) is 7.46. The van der Waals surface area contributed by atoms with Gasteiger partial charge in [0.05, 0.1) is 0 Å². The first-order chi connectivity index (χ1) is 10.2. The van der Waals surface area contributed by atoms with Gasteiger partial charge < -0.3 is 5.32 Å². The van der Waals surface area contributed by atoms with Gasteiger partial charge in [0.2, 0.25) is 5.91 Å². The Labute approximate surface area is 126 Å². The zero-order chi connectivity index (χ0) is 14.9. The number of rotatable bonds is 7. The molecule has 2 rings (SSSR count). The molecule has 21 heavy (non-hydrogen) atoms. The van der Waals surface area contributed by atoms with E-state index in [0.717, 1.165) is 24.8 Å². The van der Waals surface area contributed by atoms with Crippen molar-refractivity contribution in [2.24, 2.45) is 0 Å². The Morgan fingerprint density at radius 1 is 1.14 bits per heavy atom. The summed E-state index contributed by atoms with van der Waals surface area (Å²) in [5.41, 5.74) is 2.43. The van der Waals surface area contributed by atoms with Crippen LogP contribution in [0.4, 0.5) is 0 Å². The van der Waals surface area contributed by atoms with E-state index in [9.17, 15) is 4.79 Å². The van der Waals surface area contributed by atoms with Crippen molar-refractivity contribution in [2.75, 3.05) is 0 Å². The highest BCUT2D eigenvalue weighted by atomic mass is 16.1. The quantitative estimate of drug-likeness (QED) is 0.847. The third kappa shape index (κ3) is 5.78. The van der Waals surface area contributed by atoms with E-state index in [1.165, 1.54) is 5.56 Å². The SMILES string of the molecule is C[C@@H](Cc1cccnc1)NC(=O)CCCc1ccccc1. The van der Waals surface area contributed by atoms with Crippen molar-refractivity contribution in [1.82, 2.24) is 10.3 Å². The lowest BCUT2D eigenvalue weighted by Gasteiger charge is -2.13. The van der Waals surface area contributed by atoms with Gasteiger partial charge in [0, 0.05) is 24.9 Å². The van der Waals surface area contributed by atoms with Crippen LogP contribution >= 0.6 is 0 Å². The van der Waals surface area contributed by atoms with E-state index >= 15 is 0 Å². The van der Waals surface area contributed by atoms with Crippen molar-refractivity contribution in [1.29, 1.82) is 0 Å². The first kappa shape index (κ1) is 15.2. The summed E-state index contributed by atoms with van der Waals surface area (Å²) in [4.78, 5) is 16.0. The minimum absolute atomic E-state index is 0.127. The smallest absolute Gasteiger partial charge is 0.220 e. The molecule has 0 aliphatic rings. The average Bonchev–Trinajstić information content (AvgIpc) is 2.49. The van der Waals surface area contributed by atoms with Crippen molar-refractivity contribution in [3.63, 3.8) is 0 Å². The fourth-order valence-corrected chi connectivity index (χ4v) is 2.37. The minimum Gasteiger partial charge on any atom is -0.353 e. The van der Waals surface area contributed by atoms with E-state index in [4.69, 9.17) is 0 Å². The standard InChI is InChI=1S/C18H22N2O/c1-15(13-17-10-6-12-19-14-17)20-18(21)11-5-9-16-7-3-2-4-8-16/h2-4,6-8,10,12,14-15H,5,9,11,13H2,1H3,(H,20,21)/t15-/m0/s1. The molecule has 0 saturated heterocycles. The maximum Gasteiger partial charge on any atom is 0.220 e. The van der Waals surface area contributed by atoms with Crippen LogP contribution in [0.3, 0.4) is 0 Å². The molecule has 1 N–H and O–H groups in total. The number of carbonyl (C=O) groups excluding carboxylic acids is 1. The van der Waals surface area contributed by atoms with Crippen LogP contribution in [-0.2, 0) is 17.6 Å². The fraction of sp³-hybridized carbons (Fsp3) is 0.333. The number of nitrogens with one attached hydrogen (secondary N) is 1. The van der Waals surface area contributed by atoms with Crippen molar-refractivity contribution in [3.05, 3.63) is 66.0 Å². The fourth-order valence-electron chi connectivity index (χ4n) is 2.37. The molecule has 0 saturated carbocycles. The Bertz CT molecular complexity index is 540. The van der Waals surface area contributed by atoms with Gasteiger partial charge in [0.15, 0.2) is 0 Å². The molecule has 1 aromatic carbocycles. The highest BCUT2D eigenvalue weighted by Gasteiger charge is 2.08. The van der Waals surface area contributed by atoms with Gasteiger partial charge in [-0.25, -0.2) is 0 Å². The maximum atomic E-state index is 11.9. The van der Waals surface area contributed by atoms with Gasteiger partial charge in [-0.3, -0.25) is 9.78 Å². The second-order valence-electron chi connectivity index (χ2n) is 5.37. The topological polar surface area (TPSA) is 42.0 Å². The number of aromatic nitrogens is 1. The van der Waals surface area contributed by atoms with Gasteiger partial charge in [0.25, 0.3) is 0 Å². The molecule has 3 heteroatoms. The van der Waals surface area contributed by atoms with Crippen molar-refractivity contribution in [3.8, 4) is 0 Å². The van der Waals surface area contributed by atoms with E-state index in [0.29, 0.717) is 6.42 Å². The van der Waals surface area contributed by atoms with Crippen molar-refractivity contribution in [2.45, 2.75) is 38.6 Å². The van der Waals surface area contributed by atoms with Gasteiger partial charge in [0.1, 0.15) is 0 Å². The molecule has 0 aliphatic carbocycles. The van der Waals surface area contributed by atoms with Crippen LogP contribution in [0.15, 0.2) is 54.9 Å². The van der Waals surface area contributed by atoms with Gasteiger partial charge in [-0.1, -0.05) is 36.4 Å². The van der Waals surface area contributed by atoms with E-state index in [1.54, 1.807) is 6.20 Å². The predicted molar refractivity (Wildman–Crippen MR) is 84.9 cm³/mol. The molecule has 3 nitrogen and oxygen atoms in total. The van der Waals surface area contributed by atoms with Crippen LogP contribution < -0.4 is 5.32 Å². The molecular weight excluding hydrogens is 260 g/mol. The summed E-state index contributed by atoms with van der Waals surface area (Å²) in [6, 6.07) is 14.4. The van der Waals surface area contributed by atoms with E-state index in [2.05, 4.69) is 22.4 Å². The van der Waals surface area contributed by atoms with Gasteiger partial charge in [-0.15, -0.1) is 0 Å². The number of pyridine rings is 1. The van der Waals surface area contributed by atoms with E-state index < -0.39 is 0 Å². The third-order valence-corrected chi connectivity index (χ3v) is 3.38. The summed E-state index contributed by atoms with van der Waals surface area (Å²) in [6.07, 6.45) is 6.83. The summed E-state index contributed by atoms with van der Waals surface area (Å²) in [5, 5.41) is 3.05. The number of nitrogens with zero attached hydrogens (tertiary/aromatic N) is 1. The van der Waals surface area contributed by atoms with Gasteiger partial charge in [-0.05, 0) is 43.4 Å². The number of carbonyl (C=O) groups is 1. The van der Waals surface area contributed by atoms with E-state index in [1.807, 2.05) is 43.5 Å². The second-order valence-corrected chi connectivity index (χ2v) is 5.37. The second kappa shape index (κ2) is 8.20. The molecular formula is C18H22N2O. The summed E-state index contributed by atoms with van der Waals surface area (Å²) in [5.74, 6) is 0.127. The normalized spacial score (nSPS) is 11.9. The Morgan fingerprint density at radius 3 is 2.62 bits per heavy atom. The zero-order valence-corrected chi connectivity index (χ0v) is 12.5. The Balaban J connectivity index is 1.67. The third-order valence-electron chi connectivity index (χ3n) is 3.38. The molecule has 0 unspecified atom stereocenters. The first-order valence-electron chi connectivity index (χ1n) is 7.46. The Morgan fingerprint density at radius 2 is 1.90 bits per heavy atom. The Kier molecular flexibility index (Phi) is 5.95. The van der Waals surface area contributed by atoms with Crippen LogP contribution in [0.1, 0.15) is 30.9 Å². The van der Waals surface area contributed by atoms with Crippen LogP contribution in [-0.4, -0.2) is 16.9 Å². The van der Waals surface area contributed by atoms with Crippen molar-refractivity contribution < 1.29 is 4.79 Å². The summed E-state index contributed by atoms with van der Waals surface area (Å²) in [7, 11) is 0. The molecule has 0 radical (unpaired) electrons. The summed E-state index contributed by atoms with van der Waals surface area (Å²) in [6.45, 7) is 2.03. The highest BCUT2D eigenvalue weighted by Crippen LogP contribution is 2.05. The molecule has 1 atom stereocenters. The molecule has 1 aromatic heterocycles. The molecule has 0 aliphatic heterocycles. The summed E-state index contributed by atoms with van der Waals surface area (Å²) >= 11 is 0. The molecule has 0 spiro atoms. The maximum absolute atomic E-state index is 11.9. The molecule has 2 aromatic rings. The zero-order valence-electron chi connectivity index (χ0n) is 12.5. The number of aryl methyl sites for hydroxylation is 1. The van der Waals surface area contributed by atoms with Crippen LogP contribution in [0.2, 0.25) is 0 Å². The number of benzene rings is 1. The molecule has 0 fully saturated rings. The lowest BCUT2D eigenvalue weighted by Crippen LogP contribution is -2.33. The molecule has 1 heterocycles. The predicted octanol–water partition coefficient (Wildman–Crippen LogP) is 3.15. The lowest BCUT2D eigenvalue weighted by atomic mass is 10.1. The summed E-state index contributed by atoms with van der Waals surface area (Å²) < 4.78 is 0. The highest BCUT2D eigenvalue weighted by molar-refractivity contribution is 5.76. The van der Waals surface area contributed by atoms with Crippen LogP contribution in [0.25, 0.3) is 0 Å². The average molecular weight is 282 g/mol. The largest absolute Gasteiger partial charge is 0.353 e. The van der Waals surface area contributed by atoms with Crippen LogP contribution in [0.5, 0.6) is 0 Å². The lowest BCUT2D eigenvalue weighted by molar-refractivity contribution is -0.121. The number of amides is 1. The monoisotopic (exact) mass is 282 g/mol. The van der Waals surface area contributed by atoms with E-state index in [-0.39, 0.29) is 11.9 Å². The molecule has 0 bridgehead atoms. The van der Waals surface area contributed by atoms with Gasteiger partial charge >= 0.3 is 0 Å². The molecule has 110 valence electrons. The molecule has 1 amide bonds. The van der Waals surface area contributed by atoms with Crippen molar-refractivity contribution >= 4 is 5.91 Å². The number of hydrogen-bond acceptors (Lipinski definition) is 2.